The SMILES string of the molecule is Bc1cccc(C(=O)Nc2nnc(S(=O)(=O)N3CCCCC3)s2)c1. The van der Waals surface area contributed by atoms with Gasteiger partial charge in [0.2, 0.25) is 9.47 Å². The quantitative estimate of drug-likeness (QED) is 0.619. The summed E-state index contributed by atoms with van der Waals surface area (Å²) in [4.78, 5) is 12.2. The first-order valence-electron chi connectivity index (χ1n) is 7.68. The number of hydrogen-bond acceptors (Lipinski definition) is 6. The lowest BCUT2D eigenvalue weighted by Gasteiger charge is -2.24. The fraction of sp³-hybridized carbons (Fsp3) is 0.357. The number of sulfonamides is 1. The molecule has 0 saturated carbocycles. The molecule has 1 amide bonds. The van der Waals surface area contributed by atoms with Gasteiger partial charge in [0.1, 0.15) is 7.85 Å². The maximum Gasteiger partial charge on any atom is 0.272 e. The third-order valence-corrected chi connectivity index (χ3v) is 6.87. The van der Waals surface area contributed by atoms with Crippen LogP contribution in [0.3, 0.4) is 0 Å². The second kappa shape index (κ2) is 7.00. The molecule has 0 unspecified atom stereocenters. The topological polar surface area (TPSA) is 92.3 Å². The van der Waals surface area contributed by atoms with Gasteiger partial charge < -0.3 is 0 Å². The van der Waals surface area contributed by atoms with E-state index in [0.29, 0.717) is 18.7 Å². The molecule has 1 aliphatic heterocycles. The van der Waals surface area contributed by atoms with E-state index in [2.05, 4.69) is 15.5 Å². The van der Waals surface area contributed by atoms with Crippen LogP contribution in [0.4, 0.5) is 5.13 Å². The molecular formula is C14H17BN4O3S2. The minimum absolute atomic E-state index is 0.0797. The van der Waals surface area contributed by atoms with E-state index in [0.717, 1.165) is 36.1 Å². The lowest BCUT2D eigenvalue weighted by atomic mass is 9.94. The molecule has 0 spiro atoms. The van der Waals surface area contributed by atoms with Crippen molar-refractivity contribution in [3.8, 4) is 0 Å². The molecule has 1 aliphatic rings. The van der Waals surface area contributed by atoms with Crippen LogP contribution >= 0.6 is 11.3 Å². The molecule has 0 bridgehead atoms. The number of nitrogens with one attached hydrogen (secondary N) is 1. The summed E-state index contributed by atoms with van der Waals surface area (Å²) in [6.45, 7) is 1.01. The molecule has 1 N–H and O–H groups in total. The highest BCUT2D eigenvalue weighted by Crippen LogP contribution is 2.25. The Bertz CT molecular complexity index is 847. The highest BCUT2D eigenvalue weighted by atomic mass is 32.2. The summed E-state index contributed by atoms with van der Waals surface area (Å²) in [7, 11) is -1.73. The summed E-state index contributed by atoms with van der Waals surface area (Å²) in [6.07, 6.45) is 2.75. The zero-order chi connectivity index (χ0) is 17.2. The lowest BCUT2D eigenvalue weighted by Crippen LogP contribution is -2.35. The number of carbonyl (C=O) groups excluding carboxylic acids is 1. The van der Waals surface area contributed by atoms with Crippen molar-refractivity contribution >= 4 is 45.7 Å². The molecule has 1 aromatic carbocycles. The lowest BCUT2D eigenvalue weighted by molar-refractivity contribution is 0.102. The summed E-state index contributed by atoms with van der Waals surface area (Å²) in [6, 6.07) is 7.12. The number of aromatic nitrogens is 2. The van der Waals surface area contributed by atoms with Crippen LogP contribution in [0.1, 0.15) is 29.6 Å². The Morgan fingerprint density at radius 3 is 2.67 bits per heavy atom. The Labute approximate surface area is 145 Å². The van der Waals surface area contributed by atoms with Gasteiger partial charge in [0.05, 0.1) is 0 Å². The highest BCUT2D eigenvalue weighted by molar-refractivity contribution is 7.91. The predicted octanol–water partition coefficient (Wildman–Crippen LogP) is 0.223. The number of amides is 1. The number of piperidine rings is 1. The average Bonchev–Trinajstić information content (AvgIpc) is 3.05. The minimum Gasteiger partial charge on any atom is -0.296 e. The second-order valence-corrected chi connectivity index (χ2v) is 8.75. The monoisotopic (exact) mass is 364 g/mol. The van der Waals surface area contributed by atoms with Crippen molar-refractivity contribution < 1.29 is 13.2 Å². The first-order valence-corrected chi connectivity index (χ1v) is 9.94. The first-order chi connectivity index (χ1) is 11.5. The normalized spacial score (nSPS) is 16.0. The van der Waals surface area contributed by atoms with Crippen LogP contribution in [0.15, 0.2) is 28.6 Å². The number of carbonyl (C=O) groups is 1. The van der Waals surface area contributed by atoms with Gasteiger partial charge in [0, 0.05) is 18.7 Å². The van der Waals surface area contributed by atoms with Gasteiger partial charge in [-0.05, 0) is 18.9 Å². The number of hydrogen-bond donors (Lipinski definition) is 1. The van der Waals surface area contributed by atoms with E-state index in [-0.39, 0.29) is 15.4 Å². The molecule has 126 valence electrons. The van der Waals surface area contributed by atoms with Gasteiger partial charge in [-0.25, -0.2) is 8.42 Å². The maximum atomic E-state index is 12.5. The van der Waals surface area contributed by atoms with Crippen LogP contribution in [-0.2, 0) is 10.0 Å². The molecular weight excluding hydrogens is 347 g/mol. The van der Waals surface area contributed by atoms with Gasteiger partial charge in [-0.3, -0.25) is 10.1 Å². The summed E-state index contributed by atoms with van der Waals surface area (Å²) >= 11 is 0.877. The highest BCUT2D eigenvalue weighted by Gasteiger charge is 2.29. The van der Waals surface area contributed by atoms with E-state index < -0.39 is 10.0 Å². The molecule has 2 heterocycles. The molecule has 0 radical (unpaired) electrons. The standard InChI is InChI=1S/C14H17BN4O3S2/c15-11-6-4-5-10(9-11)12(20)16-13-17-18-14(23-13)24(21,22)19-7-2-1-3-8-19/h4-6,9H,1-3,7-8,15H2,(H,16,17,20). The smallest absolute Gasteiger partial charge is 0.272 e. The van der Waals surface area contributed by atoms with Crippen LogP contribution < -0.4 is 10.8 Å². The maximum absolute atomic E-state index is 12.5. The van der Waals surface area contributed by atoms with Gasteiger partial charge in [-0.15, -0.1) is 10.2 Å². The zero-order valence-corrected chi connectivity index (χ0v) is 14.9. The van der Waals surface area contributed by atoms with Gasteiger partial charge in [-0.1, -0.05) is 41.4 Å². The molecule has 0 aliphatic carbocycles. The molecule has 24 heavy (non-hydrogen) atoms. The Hall–Kier alpha value is -1.78. The minimum atomic E-state index is -3.62. The van der Waals surface area contributed by atoms with Crippen molar-refractivity contribution in [3.05, 3.63) is 29.8 Å². The van der Waals surface area contributed by atoms with Crippen LogP contribution in [0.2, 0.25) is 0 Å². The van der Waals surface area contributed by atoms with Crippen molar-refractivity contribution in [1.29, 1.82) is 0 Å². The molecule has 0 atom stereocenters. The predicted molar refractivity (Wildman–Crippen MR) is 95.1 cm³/mol. The molecule has 1 saturated heterocycles. The largest absolute Gasteiger partial charge is 0.296 e. The summed E-state index contributed by atoms with van der Waals surface area (Å²) < 4.78 is 26.4. The fourth-order valence-corrected chi connectivity index (χ4v) is 5.09. The van der Waals surface area contributed by atoms with Crippen LogP contribution in [0, 0.1) is 0 Å². The molecule has 7 nitrogen and oxygen atoms in total. The van der Waals surface area contributed by atoms with Crippen molar-refractivity contribution in [2.45, 2.75) is 23.6 Å². The molecule has 10 heteroatoms. The first kappa shape index (κ1) is 17.1. The Morgan fingerprint density at radius 1 is 1.21 bits per heavy atom. The van der Waals surface area contributed by atoms with Gasteiger partial charge >= 0.3 is 0 Å². The Morgan fingerprint density at radius 2 is 1.96 bits per heavy atom. The summed E-state index contributed by atoms with van der Waals surface area (Å²) in [5.74, 6) is -0.336. The molecule has 1 fully saturated rings. The van der Waals surface area contributed by atoms with E-state index in [4.69, 9.17) is 0 Å². The van der Waals surface area contributed by atoms with Crippen molar-refractivity contribution in [3.63, 3.8) is 0 Å². The fourth-order valence-electron chi connectivity index (χ4n) is 2.54. The van der Waals surface area contributed by atoms with Crippen molar-refractivity contribution in [2.75, 3.05) is 18.4 Å². The zero-order valence-electron chi connectivity index (χ0n) is 13.2. The molecule has 2 aromatic rings. The number of benzene rings is 1. The van der Waals surface area contributed by atoms with E-state index in [1.165, 1.54) is 4.31 Å². The van der Waals surface area contributed by atoms with Crippen LogP contribution in [0.5, 0.6) is 0 Å². The van der Waals surface area contributed by atoms with Gasteiger partial charge in [-0.2, -0.15) is 4.31 Å². The summed E-state index contributed by atoms with van der Waals surface area (Å²) in [5, 5.41) is 10.3. The second-order valence-electron chi connectivity index (χ2n) is 5.66. The van der Waals surface area contributed by atoms with E-state index in [9.17, 15) is 13.2 Å². The molecule has 3 rings (SSSR count). The third-order valence-electron chi connectivity index (χ3n) is 3.78. The Kier molecular flexibility index (Phi) is 4.97. The van der Waals surface area contributed by atoms with Crippen molar-refractivity contribution in [2.24, 2.45) is 0 Å². The third kappa shape index (κ3) is 3.65. The van der Waals surface area contributed by atoms with Crippen LogP contribution in [-0.4, -0.2) is 49.8 Å². The summed E-state index contributed by atoms with van der Waals surface area (Å²) in [5.41, 5.74) is 1.46. The Balaban J connectivity index is 1.74. The number of rotatable bonds is 4. The van der Waals surface area contributed by atoms with Gasteiger partial charge in [0.25, 0.3) is 15.9 Å². The van der Waals surface area contributed by atoms with E-state index >= 15 is 0 Å². The number of anilines is 1. The van der Waals surface area contributed by atoms with Crippen LogP contribution in [0.25, 0.3) is 0 Å². The van der Waals surface area contributed by atoms with E-state index in [1.807, 2.05) is 13.9 Å². The molecule has 1 aromatic heterocycles. The van der Waals surface area contributed by atoms with E-state index in [1.54, 1.807) is 18.2 Å². The number of nitrogens with zero attached hydrogens (tertiary/aromatic N) is 3. The average molecular weight is 364 g/mol. The van der Waals surface area contributed by atoms with Gasteiger partial charge in [0.15, 0.2) is 0 Å². The van der Waals surface area contributed by atoms with Crippen molar-refractivity contribution in [1.82, 2.24) is 14.5 Å².